The third kappa shape index (κ3) is 10.7. The van der Waals surface area contributed by atoms with Crippen molar-refractivity contribution in [3.8, 4) is 0 Å². The van der Waals surface area contributed by atoms with Crippen LogP contribution in [0.5, 0.6) is 0 Å². The molecule has 0 aromatic carbocycles. The molecule has 0 aromatic heterocycles. The first kappa shape index (κ1) is 10.2. The average Bonchev–Trinajstić information content (AvgIpc) is 1.35. The number of rotatable bonds is 1. The first-order valence-electron chi connectivity index (χ1n) is 1.84. The van der Waals surface area contributed by atoms with Crippen LogP contribution in [0.2, 0.25) is 0 Å². The summed E-state index contributed by atoms with van der Waals surface area (Å²) in [4.78, 5) is 0. The molecule has 4 N–H and O–H groups in total. The molecule has 0 rings (SSSR count). The lowest BCUT2D eigenvalue weighted by atomic mass is 10.2. The van der Waals surface area contributed by atoms with E-state index in [1.807, 2.05) is 0 Å². The minimum Gasteiger partial charge on any atom is -0.389 e. The Morgan fingerprint density at radius 2 is 1.71 bits per heavy atom. The van der Waals surface area contributed by atoms with Crippen LogP contribution in [-0.2, 0) is 0 Å². The molecular weight excluding hydrogens is 114 g/mol. The Labute approximate surface area is 49.1 Å². The molecule has 0 aliphatic heterocycles. The maximum atomic E-state index is 8.69. The fourth-order valence-corrected chi connectivity index (χ4v) is 0. The number of hydrogen-bond acceptors (Lipinski definition) is 2. The van der Waals surface area contributed by atoms with E-state index in [0.717, 1.165) is 0 Å². The molecule has 0 fully saturated rings. The number of aliphatic hydroxyl groups is 1. The fourth-order valence-electron chi connectivity index (χ4n) is 0. The van der Waals surface area contributed by atoms with Crippen LogP contribution in [0.1, 0.15) is 13.8 Å². The standard InChI is InChI=1S/C4H9ClO.H3N/c1-4(2,6)3-5;/h6H,3H2,1-2H3;1H3. The zero-order valence-electron chi connectivity index (χ0n) is 4.74. The molecule has 0 aliphatic carbocycles. The van der Waals surface area contributed by atoms with Gasteiger partial charge in [-0.25, -0.2) is 0 Å². The molecule has 0 spiro atoms. The summed E-state index contributed by atoms with van der Waals surface area (Å²) in [5.74, 6) is 0.299. The smallest absolute Gasteiger partial charge is 0.0726 e. The molecule has 0 radical (unpaired) electrons. The summed E-state index contributed by atoms with van der Waals surface area (Å²) in [5.41, 5.74) is -0.693. The first-order valence-corrected chi connectivity index (χ1v) is 2.38. The molecule has 7 heavy (non-hydrogen) atoms. The molecule has 0 unspecified atom stereocenters. The van der Waals surface area contributed by atoms with E-state index in [2.05, 4.69) is 0 Å². The summed E-state index contributed by atoms with van der Waals surface area (Å²) in [6.07, 6.45) is 0. The summed E-state index contributed by atoms with van der Waals surface area (Å²) in [6, 6.07) is 0. The van der Waals surface area contributed by atoms with Crippen molar-refractivity contribution in [3.05, 3.63) is 0 Å². The zero-order valence-corrected chi connectivity index (χ0v) is 5.50. The fraction of sp³-hybridized carbons (Fsp3) is 1.00. The SMILES string of the molecule is CC(C)(O)CCl.N. The van der Waals surface area contributed by atoms with E-state index in [9.17, 15) is 0 Å². The van der Waals surface area contributed by atoms with Crippen molar-refractivity contribution >= 4 is 11.6 Å². The Balaban J connectivity index is 0. The van der Waals surface area contributed by atoms with Crippen molar-refractivity contribution in [1.82, 2.24) is 6.15 Å². The number of alkyl halides is 1. The quantitative estimate of drug-likeness (QED) is 0.517. The summed E-state index contributed by atoms with van der Waals surface area (Å²) in [5, 5.41) is 8.69. The molecule has 0 heterocycles. The summed E-state index contributed by atoms with van der Waals surface area (Å²) >= 11 is 5.23. The van der Waals surface area contributed by atoms with Crippen molar-refractivity contribution in [2.24, 2.45) is 0 Å². The average molecular weight is 126 g/mol. The molecule has 46 valence electrons. The van der Waals surface area contributed by atoms with Crippen molar-refractivity contribution in [2.45, 2.75) is 19.4 Å². The van der Waals surface area contributed by atoms with Gasteiger partial charge in [-0.05, 0) is 13.8 Å². The van der Waals surface area contributed by atoms with Gasteiger partial charge in [0.25, 0.3) is 0 Å². The van der Waals surface area contributed by atoms with Gasteiger partial charge in [0, 0.05) is 0 Å². The maximum absolute atomic E-state index is 8.69. The van der Waals surface area contributed by atoms with Crippen molar-refractivity contribution in [3.63, 3.8) is 0 Å². The van der Waals surface area contributed by atoms with Crippen LogP contribution in [0.3, 0.4) is 0 Å². The molecule has 0 bridgehead atoms. The highest BCUT2D eigenvalue weighted by molar-refractivity contribution is 6.18. The van der Waals surface area contributed by atoms with Gasteiger partial charge in [-0.15, -0.1) is 11.6 Å². The van der Waals surface area contributed by atoms with Crippen LogP contribution >= 0.6 is 11.6 Å². The minimum absolute atomic E-state index is 0. The van der Waals surface area contributed by atoms with Gasteiger partial charge in [0.1, 0.15) is 0 Å². The van der Waals surface area contributed by atoms with Crippen molar-refractivity contribution < 1.29 is 5.11 Å². The molecule has 0 aromatic rings. The largest absolute Gasteiger partial charge is 0.389 e. The van der Waals surface area contributed by atoms with Gasteiger partial charge in [0.05, 0.1) is 11.5 Å². The minimum atomic E-state index is -0.693. The lowest BCUT2D eigenvalue weighted by Crippen LogP contribution is -2.19. The summed E-state index contributed by atoms with van der Waals surface area (Å²) in [7, 11) is 0. The molecular formula is C4H12ClNO. The molecule has 2 nitrogen and oxygen atoms in total. The molecule has 3 heteroatoms. The van der Waals surface area contributed by atoms with Gasteiger partial charge in [-0.1, -0.05) is 0 Å². The Hall–Kier alpha value is 0.210. The van der Waals surface area contributed by atoms with E-state index in [-0.39, 0.29) is 6.15 Å². The second-order valence-electron chi connectivity index (χ2n) is 1.95. The Morgan fingerprint density at radius 3 is 1.71 bits per heavy atom. The van der Waals surface area contributed by atoms with Gasteiger partial charge in [-0.2, -0.15) is 0 Å². The molecule has 0 aliphatic rings. The normalized spacial score (nSPS) is 10.3. The van der Waals surface area contributed by atoms with Crippen LogP contribution < -0.4 is 6.15 Å². The van der Waals surface area contributed by atoms with Gasteiger partial charge in [-0.3, -0.25) is 0 Å². The zero-order chi connectivity index (χ0) is 5.21. The third-order valence-corrected chi connectivity index (χ3v) is 0.981. The van der Waals surface area contributed by atoms with Gasteiger partial charge >= 0.3 is 0 Å². The number of halogens is 1. The predicted molar refractivity (Wildman–Crippen MR) is 32.0 cm³/mol. The highest BCUT2D eigenvalue weighted by Crippen LogP contribution is 2.00. The molecule has 0 saturated carbocycles. The number of hydrogen-bond donors (Lipinski definition) is 2. The van der Waals surface area contributed by atoms with Crippen LogP contribution in [0, 0.1) is 0 Å². The summed E-state index contributed by atoms with van der Waals surface area (Å²) < 4.78 is 0. The Bertz CT molecular complexity index is 41.4. The molecule has 0 atom stereocenters. The lowest BCUT2D eigenvalue weighted by molar-refractivity contribution is 0.105. The van der Waals surface area contributed by atoms with Crippen LogP contribution in [0.15, 0.2) is 0 Å². The second-order valence-corrected chi connectivity index (χ2v) is 2.21. The summed E-state index contributed by atoms with van der Waals surface area (Å²) in [6.45, 7) is 3.33. The highest BCUT2D eigenvalue weighted by atomic mass is 35.5. The third-order valence-electron chi connectivity index (χ3n) is 0.327. The van der Waals surface area contributed by atoms with Crippen LogP contribution in [-0.4, -0.2) is 16.6 Å². The van der Waals surface area contributed by atoms with E-state index >= 15 is 0 Å². The second kappa shape index (κ2) is 3.24. The Kier molecular flexibility index (Phi) is 4.75. The lowest BCUT2D eigenvalue weighted by Gasteiger charge is -2.09. The van der Waals surface area contributed by atoms with E-state index in [4.69, 9.17) is 16.7 Å². The van der Waals surface area contributed by atoms with Gasteiger partial charge in [0.2, 0.25) is 0 Å². The molecule has 0 amide bonds. The predicted octanol–water partition coefficient (Wildman–Crippen LogP) is 1.16. The highest BCUT2D eigenvalue weighted by Gasteiger charge is 2.07. The monoisotopic (exact) mass is 125 g/mol. The molecule has 0 saturated heterocycles. The topological polar surface area (TPSA) is 55.2 Å². The Morgan fingerprint density at radius 1 is 1.57 bits per heavy atom. The van der Waals surface area contributed by atoms with Crippen molar-refractivity contribution in [1.29, 1.82) is 0 Å². The van der Waals surface area contributed by atoms with E-state index in [1.165, 1.54) is 0 Å². The van der Waals surface area contributed by atoms with Crippen LogP contribution in [0.4, 0.5) is 0 Å². The van der Waals surface area contributed by atoms with Gasteiger partial charge < -0.3 is 11.3 Å². The van der Waals surface area contributed by atoms with E-state index < -0.39 is 5.60 Å². The first-order chi connectivity index (χ1) is 2.56. The van der Waals surface area contributed by atoms with Crippen molar-refractivity contribution in [2.75, 3.05) is 5.88 Å². The van der Waals surface area contributed by atoms with E-state index in [1.54, 1.807) is 13.8 Å². The maximum Gasteiger partial charge on any atom is 0.0726 e. The van der Waals surface area contributed by atoms with Gasteiger partial charge in [0.15, 0.2) is 0 Å². The van der Waals surface area contributed by atoms with Crippen LogP contribution in [0.25, 0.3) is 0 Å². The van der Waals surface area contributed by atoms with E-state index in [0.29, 0.717) is 5.88 Å².